The first-order valence-corrected chi connectivity index (χ1v) is 6.46. The quantitative estimate of drug-likeness (QED) is 0.709. The van der Waals surface area contributed by atoms with Crippen LogP contribution in [0.25, 0.3) is 0 Å². The van der Waals surface area contributed by atoms with Crippen molar-refractivity contribution in [2.24, 2.45) is 0 Å². The number of carbonyl (C=O) groups excluding carboxylic acids is 1. The molecule has 1 heterocycles. The van der Waals surface area contributed by atoms with Gasteiger partial charge in [-0.15, -0.1) is 0 Å². The van der Waals surface area contributed by atoms with Gasteiger partial charge < -0.3 is 9.80 Å². The van der Waals surface area contributed by atoms with E-state index in [1.807, 2.05) is 9.80 Å². The molecule has 94 valence electrons. The molecule has 0 aliphatic carbocycles. The van der Waals surface area contributed by atoms with Crippen molar-refractivity contribution >= 4 is 6.03 Å². The normalized spacial score (nSPS) is 27.9. The Kier molecular flexibility index (Phi) is 4.22. The number of hydrogen-bond acceptors (Lipinski definition) is 1. The van der Waals surface area contributed by atoms with Gasteiger partial charge in [-0.25, -0.2) is 4.79 Å². The largest absolute Gasteiger partial charge is 0.320 e. The topological polar surface area (TPSA) is 23.6 Å². The van der Waals surface area contributed by atoms with Crippen molar-refractivity contribution < 1.29 is 4.79 Å². The molecule has 0 N–H and O–H groups in total. The molecule has 2 atom stereocenters. The summed E-state index contributed by atoms with van der Waals surface area (Å²) in [6, 6.07) is 1.50. The summed E-state index contributed by atoms with van der Waals surface area (Å²) in [5, 5.41) is 0. The second-order valence-electron chi connectivity index (χ2n) is 5.56. The van der Waals surface area contributed by atoms with Crippen molar-refractivity contribution in [2.75, 3.05) is 0 Å². The Labute approximate surface area is 99.8 Å². The van der Waals surface area contributed by atoms with Gasteiger partial charge in [0.05, 0.1) is 0 Å². The van der Waals surface area contributed by atoms with Crippen LogP contribution in [-0.4, -0.2) is 40.0 Å². The number of carbonyl (C=O) groups is 1. The Hall–Kier alpha value is -0.730. The SMILES string of the molecule is CC(C)N1C(=O)N(C(C)C)C(C)CCC1C. The Morgan fingerprint density at radius 3 is 1.50 bits per heavy atom. The van der Waals surface area contributed by atoms with Crippen LogP contribution < -0.4 is 0 Å². The Morgan fingerprint density at radius 1 is 0.938 bits per heavy atom. The average Bonchev–Trinajstić information content (AvgIpc) is 2.23. The van der Waals surface area contributed by atoms with Crippen LogP contribution in [0.1, 0.15) is 54.4 Å². The van der Waals surface area contributed by atoms with Gasteiger partial charge in [-0.05, 0) is 54.4 Å². The zero-order chi connectivity index (χ0) is 12.5. The van der Waals surface area contributed by atoms with E-state index in [4.69, 9.17) is 0 Å². The van der Waals surface area contributed by atoms with E-state index >= 15 is 0 Å². The summed E-state index contributed by atoms with van der Waals surface area (Å²) in [7, 11) is 0. The minimum Gasteiger partial charge on any atom is -0.320 e. The van der Waals surface area contributed by atoms with Gasteiger partial charge in [0.2, 0.25) is 0 Å². The van der Waals surface area contributed by atoms with E-state index in [2.05, 4.69) is 41.5 Å². The van der Waals surface area contributed by atoms with E-state index in [0.717, 1.165) is 12.8 Å². The molecule has 0 bridgehead atoms. The highest BCUT2D eigenvalue weighted by Gasteiger charge is 2.34. The predicted octanol–water partition coefficient (Wildman–Crippen LogP) is 3.10. The molecular weight excluding hydrogens is 200 g/mol. The van der Waals surface area contributed by atoms with Gasteiger partial charge in [-0.3, -0.25) is 0 Å². The van der Waals surface area contributed by atoms with E-state index < -0.39 is 0 Å². The average molecular weight is 226 g/mol. The summed E-state index contributed by atoms with van der Waals surface area (Å²) in [5.74, 6) is 0. The van der Waals surface area contributed by atoms with Gasteiger partial charge in [0.25, 0.3) is 0 Å². The van der Waals surface area contributed by atoms with Gasteiger partial charge in [0.15, 0.2) is 0 Å². The maximum Gasteiger partial charge on any atom is 0.320 e. The maximum absolute atomic E-state index is 12.5. The fraction of sp³-hybridized carbons (Fsp3) is 0.923. The standard InChI is InChI=1S/C13H26N2O/c1-9(2)14-11(5)7-8-12(6)15(10(3)4)13(14)16/h9-12H,7-8H2,1-6H3. The second kappa shape index (κ2) is 5.07. The van der Waals surface area contributed by atoms with Crippen LogP contribution >= 0.6 is 0 Å². The zero-order valence-corrected chi connectivity index (χ0v) is 11.5. The van der Waals surface area contributed by atoms with E-state index in [1.54, 1.807) is 0 Å². The highest BCUT2D eigenvalue weighted by Crippen LogP contribution is 2.24. The molecule has 0 aromatic carbocycles. The summed E-state index contributed by atoms with van der Waals surface area (Å²) in [6.45, 7) is 12.7. The molecule has 1 aliphatic heterocycles. The van der Waals surface area contributed by atoms with Crippen LogP contribution in [0, 0.1) is 0 Å². The maximum atomic E-state index is 12.5. The number of hydrogen-bond donors (Lipinski definition) is 0. The van der Waals surface area contributed by atoms with Gasteiger partial charge in [0, 0.05) is 24.2 Å². The monoisotopic (exact) mass is 226 g/mol. The molecule has 1 fully saturated rings. The molecule has 3 heteroatoms. The van der Waals surface area contributed by atoms with Crippen molar-refractivity contribution in [2.45, 2.75) is 78.6 Å². The molecular formula is C13H26N2O. The molecule has 3 nitrogen and oxygen atoms in total. The Balaban J connectivity index is 2.98. The molecule has 0 saturated carbocycles. The van der Waals surface area contributed by atoms with Crippen molar-refractivity contribution in [3.05, 3.63) is 0 Å². The molecule has 0 radical (unpaired) electrons. The third-order valence-electron chi connectivity index (χ3n) is 3.51. The summed E-state index contributed by atoms with van der Waals surface area (Å²) < 4.78 is 0. The first kappa shape index (κ1) is 13.3. The van der Waals surface area contributed by atoms with Gasteiger partial charge in [-0.2, -0.15) is 0 Å². The first-order chi connectivity index (χ1) is 7.36. The van der Waals surface area contributed by atoms with Gasteiger partial charge in [0.1, 0.15) is 0 Å². The summed E-state index contributed by atoms with van der Waals surface area (Å²) in [6.07, 6.45) is 2.21. The molecule has 0 aromatic heterocycles. The number of nitrogens with zero attached hydrogens (tertiary/aromatic N) is 2. The van der Waals surface area contributed by atoms with E-state index in [0.29, 0.717) is 12.1 Å². The van der Waals surface area contributed by atoms with Crippen LogP contribution in [0.3, 0.4) is 0 Å². The Morgan fingerprint density at radius 2 is 1.25 bits per heavy atom. The van der Waals surface area contributed by atoms with Crippen LogP contribution in [0.5, 0.6) is 0 Å². The Bertz CT molecular complexity index is 226. The molecule has 1 rings (SSSR count). The number of urea groups is 1. The van der Waals surface area contributed by atoms with Crippen LogP contribution in [0.15, 0.2) is 0 Å². The zero-order valence-electron chi connectivity index (χ0n) is 11.5. The van der Waals surface area contributed by atoms with Crippen LogP contribution in [0.4, 0.5) is 4.79 Å². The fourth-order valence-electron chi connectivity index (χ4n) is 2.73. The number of rotatable bonds is 2. The molecule has 1 aliphatic rings. The summed E-state index contributed by atoms with van der Waals surface area (Å²) in [4.78, 5) is 16.6. The highest BCUT2D eigenvalue weighted by molar-refractivity contribution is 5.76. The number of amides is 2. The molecule has 16 heavy (non-hydrogen) atoms. The van der Waals surface area contributed by atoms with Crippen molar-refractivity contribution in [3.63, 3.8) is 0 Å². The van der Waals surface area contributed by atoms with Crippen molar-refractivity contribution in [1.82, 2.24) is 9.80 Å². The van der Waals surface area contributed by atoms with Crippen LogP contribution in [-0.2, 0) is 0 Å². The van der Waals surface area contributed by atoms with Crippen molar-refractivity contribution in [3.8, 4) is 0 Å². The van der Waals surface area contributed by atoms with Gasteiger partial charge in [-0.1, -0.05) is 0 Å². The minimum atomic E-state index is 0.211. The summed E-state index contributed by atoms with van der Waals surface area (Å²) >= 11 is 0. The molecule has 0 aromatic rings. The molecule has 2 unspecified atom stereocenters. The third kappa shape index (κ3) is 2.50. The lowest BCUT2D eigenvalue weighted by molar-refractivity contribution is 0.112. The van der Waals surface area contributed by atoms with E-state index in [9.17, 15) is 4.79 Å². The molecule has 2 amide bonds. The van der Waals surface area contributed by atoms with Crippen molar-refractivity contribution in [1.29, 1.82) is 0 Å². The lowest BCUT2D eigenvalue weighted by Crippen LogP contribution is -2.52. The lowest BCUT2D eigenvalue weighted by atomic mass is 10.1. The van der Waals surface area contributed by atoms with Gasteiger partial charge >= 0.3 is 6.03 Å². The van der Waals surface area contributed by atoms with E-state index in [-0.39, 0.29) is 18.1 Å². The summed E-state index contributed by atoms with van der Waals surface area (Å²) in [5.41, 5.74) is 0. The molecule has 1 saturated heterocycles. The lowest BCUT2D eigenvalue weighted by Gasteiger charge is -2.37. The first-order valence-electron chi connectivity index (χ1n) is 6.46. The predicted molar refractivity (Wildman–Crippen MR) is 67.5 cm³/mol. The highest BCUT2D eigenvalue weighted by atomic mass is 16.2. The smallest absolute Gasteiger partial charge is 0.320 e. The van der Waals surface area contributed by atoms with Crippen LogP contribution in [0.2, 0.25) is 0 Å². The minimum absolute atomic E-state index is 0.211. The third-order valence-corrected chi connectivity index (χ3v) is 3.51. The fourth-order valence-corrected chi connectivity index (χ4v) is 2.73. The molecule has 0 spiro atoms. The second-order valence-corrected chi connectivity index (χ2v) is 5.56. The van der Waals surface area contributed by atoms with E-state index in [1.165, 1.54) is 0 Å².